The van der Waals surface area contributed by atoms with Gasteiger partial charge in [-0.2, -0.15) is 0 Å². The van der Waals surface area contributed by atoms with Crippen molar-refractivity contribution < 1.29 is 9.90 Å². The highest BCUT2D eigenvalue weighted by molar-refractivity contribution is 9.10. The summed E-state index contributed by atoms with van der Waals surface area (Å²) in [5, 5.41) is 17.3. The van der Waals surface area contributed by atoms with Crippen molar-refractivity contribution >= 4 is 45.3 Å². The SMILES string of the molecule is Nn1c(SCC(=O)O)nnc1-c1cc(Cl)ccc1Br. The second kappa shape index (κ2) is 5.81. The van der Waals surface area contributed by atoms with E-state index in [1.807, 2.05) is 0 Å². The van der Waals surface area contributed by atoms with Gasteiger partial charge in [0.1, 0.15) is 0 Å². The van der Waals surface area contributed by atoms with Gasteiger partial charge in [-0.25, -0.2) is 4.68 Å². The third kappa shape index (κ3) is 3.20. The summed E-state index contributed by atoms with van der Waals surface area (Å²) in [6.45, 7) is 0. The molecule has 0 fully saturated rings. The number of carbonyl (C=O) groups is 1. The molecule has 0 unspecified atom stereocenters. The van der Waals surface area contributed by atoms with Gasteiger partial charge in [0.25, 0.3) is 0 Å². The molecule has 6 nitrogen and oxygen atoms in total. The molecule has 0 atom stereocenters. The molecule has 0 saturated heterocycles. The van der Waals surface area contributed by atoms with Crippen LogP contribution in [0.2, 0.25) is 5.02 Å². The normalized spacial score (nSPS) is 10.6. The Labute approximate surface area is 126 Å². The quantitative estimate of drug-likeness (QED) is 0.639. The van der Waals surface area contributed by atoms with E-state index in [4.69, 9.17) is 22.6 Å². The lowest BCUT2D eigenvalue weighted by atomic mass is 10.2. The van der Waals surface area contributed by atoms with Crippen LogP contribution in [0.5, 0.6) is 0 Å². The van der Waals surface area contributed by atoms with Crippen LogP contribution in [0.15, 0.2) is 27.8 Å². The summed E-state index contributed by atoms with van der Waals surface area (Å²) >= 11 is 10.3. The van der Waals surface area contributed by atoms with E-state index in [1.54, 1.807) is 18.2 Å². The number of aromatic nitrogens is 3. The molecule has 0 aliphatic heterocycles. The first kappa shape index (κ1) is 14.2. The van der Waals surface area contributed by atoms with Gasteiger partial charge in [0, 0.05) is 15.1 Å². The smallest absolute Gasteiger partial charge is 0.313 e. The number of benzene rings is 1. The van der Waals surface area contributed by atoms with Crippen molar-refractivity contribution in [2.24, 2.45) is 0 Å². The molecule has 1 aromatic heterocycles. The molecule has 2 aromatic rings. The van der Waals surface area contributed by atoms with Gasteiger partial charge >= 0.3 is 5.97 Å². The Kier molecular flexibility index (Phi) is 4.33. The standard InChI is InChI=1S/C10H8BrClN4O2S/c11-7-2-1-5(12)3-6(7)9-14-15-10(16(9)13)19-4-8(17)18/h1-3H,4,13H2,(H,17,18). The largest absolute Gasteiger partial charge is 0.481 e. The van der Waals surface area contributed by atoms with Crippen LogP contribution in [0.1, 0.15) is 0 Å². The Bertz CT molecular complexity index is 634. The Morgan fingerprint density at radius 3 is 2.95 bits per heavy atom. The molecular weight excluding hydrogens is 356 g/mol. The fourth-order valence-corrected chi connectivity index (χ4v) is 2.53. The van der Waals surface area contributed by atoms with E-state index in [0.29, 0.717) is 21.6 Å². The number of halogens is 2. The molecule has 9 heteroatoms. The third-order valence-corrected chi connectivity index (χ3v) is 4.01. The van der Waals surface area contributed by atoms with Gasteiger partial charge in [-0.3, -0.25) is 4.79 Å². The third-order valence-electron chi connectivity index (χ3n) is 2.16. The Morgan fingerprint density at radius 2 is 2.26 bits per heavy atom. The second-order valence-electron chi connectivity index (χ2n) is 3.48. The van der Waals surface area contributed by atoms with E-state index in [-0.39, 0.29) is 5.75 Å². The fraction of sp³-hybridized carbons (Fsp3) is 0.100. The summed E-state index contributed by atoms with van der Waals surface area (Å²) < 4.78 is 2.01. The van der Waals surface area contributed by atoms with Gasteiger partial charge in [-0.1, -0.05) is 39.3 Å². The summed E-state index contributed by atoms with van der Waals surface area (Å²) in [6, 6.07) is 5.20. The van der Waals surface area contributed by atoms with Gasteiger partial charge in [-0.15, -0.1) is 10.2 Å². The van der Waals surface area contributed by atoms with Crippen LogP contribution in [0.4, 0.5) is 0 Å². The number of aliphatic carboxylic acids is 1. The number of carboxylic acids is 1. The van der Waals surface area contributed by atoms with Crippen molar-refractivity contribution in [2.45, 2.75) is 5.16 Å². The molecule has 0 spiro atoms. The van der Waals surface area contributed by atoms with Crippen LogP contribution in [-0.4, -0.2) is 31.7 Å². The Morgan fingerprint density at radius 1 is 1.53 bits per heavy atom. The minimum atomic E-state index is -0.946. The Hall–Kier alpha value is -1.25. The van der Waals surface area contributed by atoms with Crippen LogP contribution in [0.3, 0.4) is 0 Å². The molecule has 19 heavy (non-hydrogen) atoms. The van der Waals surface area contributed by atoms with Crippen LogP contribution in [0.25, 0.3) is 11.4 Å². The highest BCUT2D eigenvalue weighted by atomic mass is 79.9. The van der Waals surface area contributed by atoms with Crippen LogP contribution in [-0.2, 0) is 4.79 Å². The van der Waals surface area contributed by atoms with Crippen molar-refractivity contribution in [2.75, 3.05) is 11.6 Å². The average Bonchev–Trinajstić information content (AvgIpc) is 2.71. The van der Waals surface area contributed by atoms with E-state index in [9.17, 15) is 4.79 Å². The van der Waals surface area contributed by atoms with E-state index >= 15 is 0 Å². The number of nitrogen functional groups attached to an aromatic ring is 1. The number of carboxylic acid groups (broad SMARTS) is 1. The van der Waals surface area contributed by atoms with Gasteiger partial charge < -0.3 is 10.9 Å². The molecule has 1 heterocycles. The summed E-state index contributed by atoms with van der Waals surface area (Å²) in [4.78, 5) is 10.5. The summed E-state index contributed by atoms with van der Waals surface area (Å²) in [5.74, 6) is 5.18. The van der Waals surface area contributed by atoms with Crippen molar-refractivity contribution in [1.82, 2.24) is 14.9 Å². The zero-order valence-corrected chi connectivity index (χ0v) is 12.5. The van der Waals surface area contributed by atoms with Crippen molar-refractivity contribution in [1.29, 1.82) is 0 Å². The molecule has 0 aliphatic carbocycles. The maximum absolute atomic E-state index is 10.5. The van der Waals surface area contributed by atoms with Crippen molar-refractivity contribution in [3.8, 4) is 11.4 Å². The van der Waals surface area contributed by atoms with Gasteiger partial charge in [0.2, 0.25) is 5.16 Å². The van der Waals surface area contributed by atoms with Crippen LogP contribution < -0.4 is 5.84 Å². The molecule has 2 rings (SSSR count). The second-order valence-corrected chi connectivity index (χ2v) is 5.72. The van der Waals surface area contributed by atoms with Crippen molar-refractivity contribution in [3.05, 3.63) is 27.7 Å². The molecule has 0 amide bonds. The number of hydrogen-bond acceptors (Lipinski definition) is 5. The predicted molar refractivity (Wildman–Crippen MR) is 76.7 cm³/mol. The highest BCUT2D eigenvalue weighted by Crippen LogP contribution is 2.30. The van der Waals surface area contributed by atoms with Crippen LogP contribution >= 0.6 is 39.3 Å². The molecule has 0 aliphatic rings. The molecule has 100 valence electrons. The molecule has 0 bridgehead atoms. The lowest BCUT2D eigenvalue weighted by molar-refractivity contribution is -0.133. The first-order valence-electron chi connectivity index (χ1n) is 4.99. The number of hydrogen-bond donors (Lipinski definition) is 2. The first-order chi connectivity index (χ1) is 8.99. The fourth-order valence-electron chi connectivity index (χ4n) is 1.35. The van der Waals surface area contributed by atoms with E-state index in [0.717, 1.165) is 16.2 Å². The highest BCUT2D eigenvalue weighted by Gasteiger charge is 2.15. The maximum atomic E-state index is 10.5. The predicted octanol–water partition coefficient (Wildman–Crippen LogP) is 2.25. The van der Waals surface area contributed by atoms with Gasteiger partial charge in [-0.05, 0) is 18.2 Å². The number of rotatable bonds is 4. The lowest BCUT2D eigenvalue weighted by Gasteiger charge is -2.05. The zero-order valence-electron chi connectivity index (χ0n) is 9.38. The van der Waals surface area contributed by atoms with Crippen molar-refractivity contribution in [3.63, 3.8) is 0 Å². The molecule has 0 saturated carbocycles. The summed E-state index contributed by atoms with van der Waals surface area (Å²) in [7, 11) is 0. The first-order valence-corrected chi connectivity index (χ1v) is 7.15. The lowest BCUT2D eigenvalue weighted by Crippen LogP contribution is -2.12. The van der Waals surface area contributed by atoms with E-state index < -0.39 is 5.97 Å². The van der Waals surface area contributed by atoms with Gasteiger partial charge in [0.15, 0.2) is 5.82 Å². The molecular formula is C10H8BrClN4O2S. The van der Waals surface area contributed by atoms with E-state index in [2.05, 4.69) is 26.1 Å². The topological polar surface area (TPSA) is 94.0 Å². The van der Waals surface area contributed by atoms with Gasteiger partial charge in [0.05, 0.1) is 5.75 Å². The summed E-state index contributed by atoms with van der Waals surface area (Å²) in [6.07, 6.45) is 0. The Balaban J connectivity index is 2.36. The monoisotopic (exact) mass is 362 g/mol. The minimum absolute atomic E-state index is 0.133. The van der Waals surface area contributed by atoms with E-state index in [1.165, 1.54) is 4.68 Å². The van der Waals surface area contributed by atoms with Crippen LogP contribution in [0, 0.1) is 0 Å². The molecule has 1 aromatic carbocycles. The molecule has 3 N–H and O–H groups in total. The zero-order chi connectivity index (χ0) is 14.0. The maximum Gasteiger partial charge on any atom is 0.313 e. The molecule has 0 radical (unpaired) electrons. The number of nitrogens with two attached hydrogens (primary N) is 1. The number of thioether (sulfide) groups is 1. The summed E-state index contributed by atoms with van der Waals surface area (Å²) in [5.41, 5.74) is 0.685. The number of nitrogens with zero attached hydrogens (tertiary/aromatic N) is 3. The minimum Gasteiger partial charge on any atom is -0.481 e. The average molecular weight is 364 g/mol.